The highest BCUT2D eigenvalue weighted by molar-refractivity contribution is 6.06. The largest absolute Gasteiger partial charge is 0.458 e. The number of aromatic nitrogens is 1. The fourth-order valence-electron chi connectivity index (χ4n) is 8.93. The summed E-state index contributed by atoms with van der Waals surface area (Å²) in [6.07, 6.45) is 5.44. The van der Waals surface area contributed by atoms with Crippen molar-refractivity contribution in [2.24, 2.45) is 35.0 Å². The van der Waals surface area contributed by atoms with Gasteiger partial charge in [-0.3, -0.25) is 24.2 Å². The number of nitrogens with one attached hydrogen (secondary N) is 2. The van der Waals surface area contributed by atoms with E-state index >= 15 is 0 Å². The number of piperidine rings is 1. The maximum Gasteiger partial charge on any atom is 0.308 e. The van der Waals surface area contributed by atoms with Crippen molar-refractivity contribution in [2.75, 3.05) is 0 Å². The Hall–Kier alpha value is -3.49. The number of carbonyl (C=O) groups is 4. The van der Waals surface area contributed by atoms with Crippen LogP contribution in [-0.2, 0) is 19.1 Å². The van der Waals surface area contributed by atoms with Crippen molar-refractivity contribution in [1.29, 1.82) is 0 Å². The maximum atomic E-state index is 14.5. The van der Waals surface area contributed by atoms with E-state index in [0.29, 0.717) is 17.8 Å². The van der Waals surface area contributed by atoms with E-state index in [1.807, 2.05) is 56.0 Å². The van der Waals surface area contributed by atoms with Crippen LogP contribution in [0.2, 0.25) is 0 Å². The van der Waals surface area contributed by atoms with Gasteiger partial charge in [0, 0.05) is 35.5 Å². The summed E-state index contributed by atoms with van der Waals surface area (Å²) in [5.41, 5.74) is -0.817. The van der Waals surface area contributed by atoms with Gasteiger partial charge >= 0.3 is 5.97 Å². The molecule has 2 aliphatic heterocycles. The Labute approximate surface area is 252 Å². The van der Waals surface area contributed by atoms with Crippen LogP contribution in [0.3, 0.4) is 0 Å². The van der Waals surface area contributed by atoms with Gasteiger partial charge in [0.15, 0.2) is 0 Å². The fourth-order valence-corrected chi connectivity index (χ4v) is 8.93. The van der Waals surface area contributed by atoms with E-state index in [9.17, 15) is 19.2 Å². The first kappa shape index (κ1) is 28.3. The van der Waals surface area contributed by atoms with Crippen LogP contribution in [0.1, 0.15) is 77.2 Å². The second kappa shape index (κ2) is 9.76. The van der Waals surface area contributed by atoms with E-state index in [4.69, 9.17) is 4.74 Å². The molecule has 9 heteroatoms. The van der Waals surface area contributed by atoms with Gasteiger partial charge in [0.05, 0.1) is 6.42 Å². The summed E-state index contributed by atoms with van der Waals surface area (Å²) in [6, 6.07) is 7.65. The predicted molar refractivity (Wildman–Crippen MR) is 160 cm³/mol. The van der Waals surface area contributed by atoms with E-state index in [1.54, 1.807) is 6.20 Å². The van der Waals surface area contributed by atoms with Crippen molar-refractivity contribution >= 4 is 34.5 Å². The van der Waals surface area contributed by atoms with Crippen molar-refractivity contribution < 1.29 is 23.9 Å². The first-order chi connectivity index (χ1) is 20.5. The topological polar surface area (TPSA) is 118 Å². The van der Waals surface area contributed by atoms with E-state index in [1.165, 1.54) is 0 Å². The van der Waals surface area contributed by atoms with Crippen LogP contribution in [0.4, 0.5) is 0 Å². The summed E-state index contributed by atoms with van der Waals surface area (Å²) in [6.45, 7) is 9.98. The Balaban J connectivity index is 1.14. The molecule has 5 fully saturated rings. The highest BCUT2D eigenvalue weighted by Crippen LogP contribution is 2.65. The van der Waals surface area contributed by atoms with Gasteiger partial charge in [-0.05, 0) is 60.3 Å². The molecule has 3 aliphatic carbocycles. The van der Waals surface area contributed by atoms with Gasteiger partial charge < -0.3 is 20.3 Å². The normalized spacial score (nSPS) is 36.2. The van der Waals surface area contributed by atoms with Crippen LogP contribution < -0.4 is 10.6 Å². The standard InChI is InChI=1S/C34H42N4O5/c1-6-19-16-34(19)17(2)23(15-24(39)43-34)36-31(41)28-22-12-11-21-25(22)27(21)38(28)32(42)29(33(3,4)5)37-30(40)26-20-10-8-7-9-18(20)13-14-35-26/h7-10,13-14,17,19,21-23,25,27-29H,6,11-12,15-16H2,1-5H3,(H,36,41)(H,37,40). The summed E-state index contributed by atoms with van der Waals surface area (Å²) >= 11 is 0. The Morgan fingerprint density at radius 3 is 2.60 bits per heavy atom. The lowest BCUT2D eigenvalue weighted by Crippen LogP contribution is -2.61. The number of hydrogen-bond donors (Lipinski definition) is 2. The third-order valence-electron chi connectivity index (χ3n) is 11.3. The lowest BCUT2D eigenvalue weighted by atomic mass is 9.84. The van der Waals surface area contributed by atoms with Crippen LogP contribution in [0.25, 0.3) is 10.8 Å². The highest BCUT2D eigenvalue weighted by Gasteiger charge is 2.72. The van der Waals surface area contributed by atoms with Gasteiger partial charge in [-0.15, -0.1) is 0 Å². The molecular weight excluding hydrogens is 544 g/mol. The van der Waals surface area contributed by atoms with Crippen LogP contribution in [0.5, 0.6) is 0 Å². The van der Waals surface area contributed by atoms with Crippen molar-refractivity contribution in [3.05, 3.63) is 42.2 Å². The zero-order chi connectivity index (χ0) is 30.4. The third kappa shape index (κ3) is 4.36. The van der Waals surface area contributed by atoms with E-state index in [-0.39, 0.29) is 53.8 Å². The van der Waals surface area contributed by atoms with Crippen LogP contribution in [0, 0.1) is 35.0 Å². The molecular formula is C34H42N4O5. The number of ether oxygens (including phenoxy) is 1. The number of nitrogens with zero attached hydrogens (tertiary/aromatic N) is 2. The molecule has 10 atom stereocenters. The van der Waals surface area contributed by atoms with Crippen molar-refractivity contribution in [1.82, 2.24) is 20.5 Å². The fraction of sp³-hybridized carbons (Fsp3) is 0.618. The third-order valence-corrected chi connectivity index (χ3v) is 11.3. The first-order valence-electron chi connectivity index (χ1n) is 15.9. The van der Waals surface area contributed by atoms with Crippen LogP contribution in [0.15, 0.2) is 36.5 Å². The minimum atomic E-state index is -0.849. The van der Waals surface area contributed by atoms with Gasteiger partial charge in [0.2, 0.25) is 11.8 Å². The average molecular weight is 587 g/mol. The number of esters is 1. The molecule has 5 aliphatic rings. The second-order valence-corrected chi connectivity index (χ2v) is 14.7. The lowest BCUT2D eigenvalue weighted by molar-refractivity contribution is -0.166. The molecule has 1 aromatic heterocycles. The average Bonchev–Trinajstić information content (AvgIpc) is 3.78. The number of rotatable bonds is 6. The van der Waals surface area contributed by atoms with Gasteiger partial charge in [0.25, 0.3) is 5.91 Å². The monoisotopic (exact) mass is 586 g/mol. The van der Waals surface area contributed by atoms with E-state index < -0.39 is 29.0 Å². The first-order valence-corrected chi connectivity index (χ1v) is 15.9. The number of benzene rings is 1. The second-order valence-electron chi connectivity index (χ2n) is 14.7. The molecule has 228 valence electrons. The Kier molecular flexibility index (Phi) is 6.42. The molecule has 0 bridgehead atoms. The molecule has 7 rings (SSSR count). The summed E-state index contributed by atoms with van der Waals surface area (Å²) < 4.78 is 5.84. The Morgan fingerprint density at radius 1 is 1.14 bits per heavy atom. The quantitative estimate of drug-likeness (QED) is 0.497. The van der Waals surface area contributed by atoms with Crippen molar-refractivity contribution in [3.8, 4) is 0 Å². The number of amides is 3. The van der Waals surface area contributed by atoms with Crippen LogP contribution in [-0.4, -0.2) is 63.3 Å². The molecule has 1 aromatic carbocycles. The molecule has 10 unspecified atom stereocenters. The molecule has 3 amide bonds. The minimum Gasteiger partial charge on any atom is -0.458 e. The summed E-state index contributed by atoms with van der Waals surface area (Å²) in [7, 11) is 0. The molecule has 9 nitrogen and oxygen atoms in total. The number of carbonyl (C=O) groups excluding carboxylic acids is 4. The summed E-state index contributed by atoms with van der Waals surface area (Å²) in [5, 5.41) is 7.87. The van der Waals surface area contributed by atoms with Gasteiger partial charge in [0.1, 0.15) is 23.4 Å². The van der Waals surface area contributed by atoms with Crippen molar-refractivity contribution in [2.45, 2.75) is 96.5 Å². The molecule has 2 N–H and O–H groups in total. The lowest BCUT2D eigenvalue weighted by Gasteiger charge is -2.40. The molecule has 43 heavy (non-hydrogen) atoms. The predicted octanol–water partition coefficient (Wildman–Crippen LogP) is 3.85. The maximum absolute atomic E-state index is 14.5. The Morgan fingerprint density at radius 2 is 1.88 bits per heavy atom. The van der Waals surface area contributed by atoms with E-state index in [2.05, 4.69) is 29.5 Å². The summed E-state index contributed by atoms with van der Waals surface area (Å²) in [5.74, 6) is 0.0906. The molecule has 3 heterocycles. The van der Waals surface area contributed by atoms with Gasteiger partial charge in [-0.25, -0.2) is 0 Å². The minimum absolute atomic E-state index is 0.00493. The van der Waals surface area contributed by atoms with Crippen LogP contribution >= 0.6 is 0 Å². The summed E-state index contributed by atoms with van der Waals surface area (Å²) in [4.78, 5) is 61.1. The molecule has 0 radical (unpaired) electrons. The number of pyridine rings is 1. The number of hydrogen-bond acceptors (Lipinski definition) is 6. The SMILES string of the molecule is CCC1CC12OC(=O)CC(NC(=O)C1C3CCC4C3C4N1C(=O)C(NC(=O)c1nccc3ccccc13)C(C)(C)C)C2C. The van der Waals surface area contributed by atoms with Gasteiger partial charge in [-0.1, -0.05) is 58.9 Å². The Bertz CT molecular complexity index is 1510. The molecule has 1 spiro atoms. The molecule has 2 aromatic rings. The number of fused-ring (bicyclic) bond motifs is 2. The van der Waals surface area contributed by atoms with Gasteiger partial charge in [-0.2, -0.15) is 0 Å². The van der Waals surface area contributed by atoms with Crippen molar-refractivity contribution in [3.63, 3.8) is 0 Å². The number of likely N-dealkylation sites (tertiary alicyclic amines) is 1. The molecule has 2 saturated heterocycles. The molecule has 3 saturated carbocycles. The van der Waals surface area contributed by atoms with E-state index in [0.717, 1.165) is 36.5 Å². The zero-order valence-electron chi connectivity index (χ0n) is 25.6. The highest BCUT2D eigenvalue weighted by atomic mass is 16.6. The zero-order valence-corrected chi connectivity index (χ0v) is 25.6. The smallest absolute Gasteiger partial charge is 0.308 e.